The van der Waals surface area contributed by atoms with E-state index in [1.54, 1.807) is 13.0 Å². The molecule has 0 aromatic heterocycles. The summed E-state index contributed by atoms with van der Waals surface area (Å²) in [7, 11) is 2.07. The summed E-state index contributed by atoms with van der Waals surface area (Å²) in [5, 5.41) is 19.0. The molecule has 1 aromatic carbocycles. The summed E-state index contributed by atoms with van der Waals surface area (Å²) >= 11 is 0. The van der Waals surface area contributed by atoms with Crippen molar-refractivity contribution in [2.75, 3.05) is 18.5 Å². The Bertz CT molecular complexity index is 484. The first-order chi connectivity index (χ1) is 9.61. The van der Waals surface area contributed by atoms with E-state index >= 15 is 0 Å². The van der Waals surface area contributed by atoms with Crippen LogP contribution in [0.2, 0.25) is 0 Å². The Balaban J connectivity index is 2.18. The van der Waals surface area contributed by atoms with Gasteiger partial charge in [-0.3, -0.25) is 0 Å². The van der Waals surface area contributed by atoms with Crippen LogP contribution in [0.25, 0.3) is 0 Å². The van der Waals surface area contributed by atoms with Crippen molar-refractivity contribution in [2.24, 2.45) is 5.92 Å². The summed E-state index contributed by atoms with van der Waals surface area (Å²) in [5.41, 5.74) is 2.55. The maximum atomic E-state index is 9.91. The summed E-state index contributed by atoms with van der Waals surface area (Å²) < 4.78 is 0. The van der Waals surface area contributed by atoms with Gasteiger partial charge in [-0.05, 0) is 37.8 Å². The standard InChI is InChI=1S/C17H24N2O/c1-13(20)16-9-8-15(11-18)10-17(16)19(2)12-14-6-4-3-5-7-14/h8-10,13-14,20H,3-7,12H2,1-2H3/t13-/m0/s1. The Kier molecular flexibility index (Phi) is 5.03. The Labute approximate surface area is 121 Å². The molecule has 0 unspecified atom stereocenters. The maximum absolute atomic E-state index is 9.91. The number of aliphatic hydroxyl groups is 1. The van der Waals surface area contributed by atoms with Gasteiger partial charge in [-0.15, -0.1) is 0 Å². The van der Waals surface area contributed by atoms with Gasteiger partial charge in [0.15, 0.2) is 0 Å². The van der Waals surface area contributed by atoms with Crippen LogP contribution in [0, 0.1) is 17.2 Å². The Morgan fingerprint density at radius 1 is 1.35 bits per heavy atom. The molecule has 0 spiro atoms. The lowest BCUT2D eigenvalue weighted by atomic mass is 9.88. The van der Waals surface area contributed by atoms with Gasteiger partial charge in [0.1, 0.15) is 0 Å². The largest absolute Gasteiger partial charge is 0.389 e. The summed E-state index contributed by atoms with van der Waals surface area (Å²) in [5.74, 6) is 0.737. The molecule has 108 valence electrons. The first kappa shape index (κ1) is 14.9. The molecule has 0 radical (unpaired) electrons. The normalized spacial score (nSPS) is 17.5. The second kappa shape index (κ2) is 6.76. The Hall–Kier alpha value is -1.53. The summed E-state index contributed by atoms with van der Waals surface area (Å²) in [6.45, 7) is 2.79. The first-order valence-electron chi connectivity index (χ1n) is 7.55. The zero-order valence-corrected chi connectivity index (χ0v) is 12.5. The highest BCUT2D eigenvalue weighted by Crippen LogP contribution is 2.30. The van der Waals surface area contributed by atoms with Gasteiger partial charge in [-0.1, -0.05) is 25.3 Å². The topological polar surface area (TPSA) is 47.3 Å². The average Bonchev–Trinajstić information content (AvgIpc) is 2.47. The zero-order chi connectivity index (χ0) is 14.5. The number of benzene rings is 1. The molecule has 0 bridgehead atoms. The molecule has 0 amide bonds. The molecule has 1 saturated carbocycles. The molecular formula is C17H24N2O. The van der Waals surface area contributed by atoms with E-state index in [2.05, 4.69) is 18.0 Å². The van der Waals surface area contributed by atoms with Gasteiger partial charge in [0.05, 0.1) is 17.7 Å². The van der Waals surface area contributed by atoms with Crippen molar-refractivity contribution in [3.05, 3.63) is 29.3 Å². The number of rotatable bonds is 4. The quantitative estimate of drug-likeness (QED) is 0.910. The third-order valence-corrected chi connectivity index (χ3v) is 4.28. The van der Waals surface area contributed by atoms with Crippen LogP contribution in [0.4, 0.5) is 5.69 Å². The van der Waals surface area contributed by atoms with Gasteiger partial charge in [-0.2, -0.15) is 5.26 Å². The summed E-state index contributed by atoms with van der Waals surface area (Å²) in [6.07, 6.45) is 6.12. The van der Waals surface area contributed by atoms with E-state index in [4.69, 9.17) is 5.26 Å². The van der Waals surface area contributed by atoms with E-state index < -0.39 is 6.10 Å². The van der Waals surface area contributed by atoms with E-state index in [-0.39, 0.29) is 0 Å². The van der Waals surface area contributed by atoms with Crippen molar-refractivity contribution < 1.29 is 5.11 Å². The number of hydrogen-bond donors (Lipinski definition) is 1. The molecule has 3 nitrogen and oxygen atoms in total. The minimum absolute atomic E-state index is 0.508. The highest BCUT2D eigenvalue weighted by molar-refractivity contribution is 5.58. The smallest absolute Gasteiger partial charge is 0.0992 e. The van der Waals surface area contributed by atoms with Gasteiger partial charge in [0.25, 0.3) is 0 Å². The lowest BCUT2D eigenvalue weighted by molar-refractivity contribution is 0.199. The van der Waals surface area contributed by atoms with Crippen molar-refractivity contribution in [1.29, 1.82) is 5.26 Å². The van der Waals surface area contributed by atoms with Crippen LogP contribution in [0.5, 0.6) is 0 Å². The van der Waals surface area contributed by atoms with Crippen molar-refractivity contribution in [1.82, 2.24) is 0 Å². The predicted molar refractivity (Wildman–Crippen MR) is 81.6 cm³/mol. The molecule has 20 heavy (non-hydrogen) atoms. The molecule has 1 fully saturated rings. The van der Waals surface area contributed by atoms with Crippen molar-refractivity contribution >= 4 is 5.69 Å². The fourth-order valence-corrected chi connectivity index (χ4v) is 3.15. The maximum Gasteiger partial charge on any atom is 0.0992 e. The van der Waals surface area contributed by atoms with Gasteiger partial charge in [0, 0.05) is 24.8 Å². The SMILES string of the molecule is C[C@H](O)c1ccc(C#N)cc1N(C)CC1CCCCC1. The third kappa shape index (κ3) is 3.52. The van der Waals surface area contributed by atoms with Gasteiger partial charge in [0.2, 0.25) is 0 Å². The monoisotopic (exact) mass is 272 g/mol. The number of nitrogens with zero attached hydrogens (tertiary/aromatic N) is 2. The molecule has 1 aliphatic rings. The lowest BCUT2D eigenvalue weighted by Crippen LogP contribution is -2.27. The highest BCUT2D eigenvalue weighted by atomic mass is 16.3. The van der Waals surface area contributed by atoms with Gasteiger partial charge in [-0.25, -0.2) is 0 Å². The summed E-state index contributed by atoms with van der Waals surface area (Å²) in [4.78, 5) is 2.21. The van der Waals surface area contributed by atoms with E-state index in [1.165, 1.54) is 32.1 Å². The Morgan fingerprint density at radius 2 is 2.05 bits per heavy atom. The number of anilines is 1. The van der Waals surface area contributed by atoms with E-state index in [1.807, 2.05) is 12.1 Å². The molecule has 1 N–H and O–H groups in total. The van der Waals surface area contributed by atoms with Crippen molar-refractivity contribution in [2.45, 2.75) is 45.1 Å². The number of hydrogen-bond acceptors (Lipinski definition) is 3. The fraction of sp³-hybridized carbons (Fsp3) is 0.588. The van der Waals surface area contributed by atoms with Crippen LogP contribution in [-0.4, -0.2) is 18.7 Å². The Morgan fingerprint density at radius 3 is 2.65 bits per heavy atom. The zero-order valence-electron chi connectivity index (χ0n) is 12.5. The number of aliphatic hydroxyl groups excluding tert-OH is 1. The van der Waals surface area contributed by atoms with Gasteiger partial charge < -0.3 is 10.0 Å². The van der Waals surface area contributed by atoms with Crippen molar-refractivity contribution in [3.8, 4) is 6.07 Å². The fourth-order valence-electron chi connectivity index (χ4n) is 3.15. The number of nitriles is 1. The molecule has 1 aromatic rings. The molecule has 1 atom stereocenters. The minimum Gasteiger partial charge on any atom is -0.389 e. The van der Waals surface area contributed by atoms with Crippen LogP contribution in [0.15, 0.2) is 18.2 Å². The van der Waals surface area contributed by atoms with E-state index in [0.717, 1.165) is 23.7 Å². The molecular weight excluding hydrogens is 248 g/mol. The average molecular weight is 272 g/mol. The molecule has 1 aliphatic carbocycles. The van der Waals surface area contributed by atoms with E-state index in [0.29, 0.717) is 5.56 Å². The van der Waals surface area contributed by atoms with Crippen LogP contribution in [0.3, 0.4) is 0 Å². The van der Waals surface area contributed by atoms with Gasteiger partial charge >= 0.3 is 0 Å². The van der Waals surface area contributed by atoms with Crippen LogP contribution in [-0.2, 0) is 0 Å². The predicted octanol–water partition coefficient (Wildman–Crippen LogP) is 3.63. The van der Waals surface area contributed by atoms with Crippen LogP contribution < -0.4 is 4.90 Å². The molecule has 3 heteroatoms. The second-order valence-electron chi connectivity index (χ2n) is 5.95. The summed E-state index contributed by atoms with van der Waals surface area (Å²) in [6, 6.07) is 7.73. The van der Waals surface area contributed by atoms with Crippen molar-refractivity contribution in [3.63, 3.8) is 0 Å². The second-order valence-corrected chi connectivity index (χ2v) is 5.95. The van der Waals surface area contributed by atoms with Crippen LogP contribution >= 0.6 is 0 Å². The lowest BCUT2D eigenvalue weighted by Gasteiger charge is -2.30. The third-order valence-electron chi connectivity index (χ3n) is 4.28. The first-order valence-corrected chi connectivity index (χ1v) is 7.55. The van der Waals surface area contributed by atoms with E-state index in [9.17, 15) is 5.11 Å². The molecule has 0 saturated heterocycles. The minimum atomic E-state index is -0.508. The molecule has 0 aliphatic heterocycles. The highest BCUT2D eigenvalue weighted by Gasteiger charge is 2.18. The molecule has 0 heterocycles. The molecule has 2 rings (SSSR count). The van der Waals surface area contributed by atoms with Crippen LogP contribution in [0.1, 0.15) is 56.3 Å².